The van der Waals surface area contributed by atoms with Crippen LogP contribution in [0.5, 0.6) is 0 Å². The smallest absolute Gasteiger partial charge is 0.261 e. The van der Waals surface area contributed by atoms with Crippen LogP contribution in [0.3, 0.4) is 0 Å². The zero-order chi connectivity index (χ0) is 17.8. The van der Waals surface area contributed by atoms with Gasteiger partial charge in [0.1, 0.15) is 0 Å². The van der Waals surface area contributed by atoms with Crippen LogP contribution < -0.4 is 10.6 Å². The molecule has 24 heavy (non-hydrogen) atoms. The van der Waals surface area contributed by atoms with Crippen molar-refractivity contribution in [2.75, 3.05) is 40.4 Å². The summed E-state index contributed by atoms with van der Waals surface area (Å²) < 4.78 is 4.89. The van der Waals surface area contributed by atoms with Crippen LogP contribution >= 0.6 is 11.3 Å². The minimum atomic E-state index is -0.187. The van der Waals surface area contributed by atoms with Crippen molar-refractivity contribution in [3.05, 3.63) is 22.4 Å². The van der Waals surface area contributed by atoms with E-state index in [0.717, 1.165) is 6.42 Å². The zero-order valence-corrected chi connectivity index (χ0v) is 15.0. The lowest BCUT2D eigenvalue weighted by atomic mass is 10.2. The predicted octanol–water partition coefficient (Wildman–Crippen LogP) is 0.869. The van der Waals surface area contributed by atoms with Gasteiger partial charge in [0.25, 0.3) is 5.91 Å². The number of likely N-dealkylation sites (N-methyl/N-ethyl adjacent to an activating group) is 1. The third-order valence-electron chi connectivity index (χ3n) is 3.25. The number of rotatable bonds is 11. The van der Waals surface area contributed by atoms with Crippen LogP contribution in [0.2, 0.25) is 0 Å². The Morgan fingerprint density at radius 3 is 2.62 bits per heavy atom. The van der Waals surface area contributed by atoms with Gasteiger partial charge in [0.2, 0.25) is 11.8 Å². The van der Waals surface area contributed by atoms with E-state index < -0.39 is 0 Å². The average molecular weight is 355 g/mol. The van der Waals surface area contributed by atoms with Gasteiger partial charge in [-0.2, -0.15) is 0 Å². The molecule has 1 aromatic rings. The number of hydrogen-bond donors (Lipinski definition) is 2. The molecule has 134 valence electrons. The van der Waals surface area contributed by atoms with E-state index in [1.54, 1.807) is 20.2 Å². The van der Waals surface area contributed by atoms with E-state index >= 15 is 0 Å². The molecule has 0 bridgehead atoms. The fourth-order valence-corrected chi connectivity index (χ4v) is 2.57. The van der Waals surface area contributed by atoms with Crippen LogP contribution in [0.4, 0.5) is 0 Å². The molecule has 0 saturated heterocycles. The molecule has 0 radical (unpaired) electrons. The largest absolute Gasteiger partial charge is 0.385 e. The monoisotopic (exact) mass is 355 g/mol. The second kappa shape index (κ2) is 11.6. The van der Waals surface area contributed by atoms with Crippen molar-refractivity contribution in [2.24, 2.45) is 0 Å². The first-order valence-electron chi connectivity index (χ1n) is 7.86. The summed E-state index contributed by atoms with van der Waals surface area (Å²) in [6, 6.07) is 3.57. The molecular formula is C16H25N3O4S. The average Bonchev–Trinajstić information content (AvgIpc) is 3.09. The van der Waals surface area contributed by atoms with Gasteiger partial charge in [0.05, 0.1) is 11.4 Å². The highest BCUT2D eigenvalue weighted by Gasteiger charge is 2.12. The van der Waals surface area contributed by atoms with Crippen molar-refractivity contribution in [3.8, 4) is 0 Å². The van der Waals surface area contributed by atoms with E-state index in [2.05, 4.69) is 10.6 Å². The highest BCUT2D eigenvalue weighted by molar-refractivity contribution is 7.12. The fourth-order valence-electron chi connectivity index (χ4n) is 1.93. The Morgan fingerprint density at radius 1 is 1.21 bits per heavy atom. The third-order valence-corrected chi connectivity index (χ3v) is 4.12. The molecule has 8 heteroatoms. The molecule has 0 unspecified atom stereocenters. The third kappa shape index (κ3) is 8.07. The Balaban J connectivity index is 2.13. The SMILES string of the molecule is COCCCNC(=O)CN(C)C(=O)CCCNC(=O)c1cccs1. The van der Waals surface area contributed by atoms with Crippen LogP contribution in [0, 0.1) is 0 Å². The van der Waals surface area contributed by atoms with Crippen molar-refractivity contribution < 1.29 is 19.1 Å². The van der Waals surface area contributed by atoms with Crippen LogP contribution in [-0.4, -0.2) is 63.0 Å². The summed E-state index contributed by atoms with van der Waals surface area (Å²) >= 11 is 1.38. The molecular weight excluding hydrogens is 330 g/mol. The first kappa shape index (κ1) is 20.1. The van der Waals surface area contributed by atoms with E-state index in [-0.39, 0.29) is 30.7 Å². The van der Waals surface area contributed by atoms with Gasteiger partial charge >= 0.3 is 0 Å². The van der Waals surface area contributed by atoms with E-state index in [4.69, 9.17) is 4.74 Å². The molecule has 0 aromatic carbocycles. The summed E-state index contributed by atoms with van der Waals surface area (Å²) in [5.74, 6) is -0.429. The lowest BCUT2D eigenvalue weighted by molar-refractivity contribution is -0.134. The summed E-state index contributed by atoms with van der Waals surface area (Å²) in [5, 5.41) is 7.34. The Kier molecular flexibility index (Phi) is 9.71. The molecule has 0 spiro atoms. The number of methoxy groups -OCH3 is 1. The maximum Gasteiger partial charge on any atom is 0.261 e. The topological polar surface area (TPSA) is 87.7 Å². The fraction of sp³-hybridized carbons (Fsp3) is 0.562. The Hall–Kier alpha value is -1.93. The highest BCUT2D eigenvalue weighted by atomic mass is 32.1. The van der Waals surface area contributed by atoms with Crippen molar-refractivity contribution >= 4 is 29.1 Å². The number of carbonyl (C=O) groups excluding carboxylic acids is 3. The molecule has 0 aliphatic heterocycles. The number of hydrogen-bond acceptors (Lipinski definition) is 5. The van der Waals surface area contributed by atoms with Crippen molar-refractivity contribution in [3.63, 3.8) is 0 Å². The molecule has 1 rings (SSSR count). The standard InChI is InChI=1S/C16H25N3O4S/c1-19(12-14(20)17-9-5-10-23-2)15(21)7-3-8-18-16(22)13-6-4-11-24-13/h4,6,11H,3,5,7-10,12H2,1-2H3,(H,17,20)(H,18,22). The van der Waals surface area contributed by atoms with E-state index in [1.807, 2.05) is 11.4 Å². The number of nitrogens with zero attached hydrogens (tertiary/aromatic N) is 1. The van der Waals surface area contributed by atoms with E-state index in [0.29, 0.717) is 31.0 Å². The van der Waals surface area contributed by atoms with Crippen molar-refractivity contribution in [2.45, 2.75) is 19.3 Å². The first-order chi connectivity index (χ1) is 11.5. The molecule has 1 heterocycles. The number of ether oxygens (including phenoxy) is 1. The Bertz CT molecular complexity index is 519. The molecule has 3 amide bonds. The highest BCUT2D eigenvalue weighted by Crippen LogP contribution is 2.07. The molecule has 2 N–H and O–H groups in total. The second-order valence-electron chi connectivity index (χ2n) is 5.28. The van der Waals surface area contributed by atoms with Gasteiger partial charge in [-0.15, -0.1) is 11.3 Å². The van der Waals surface area contributed by atoms with Gasteiger partial charge in [-0.05, 0) is 24.3 Å². The maximum atomic E-state index is 11.9. The summed E-state index contributed by atoms with van der Waals surface area (Å²) in [4.78, 5) is 37.4. The number of nitrogens with one attached hydrogen (secondary N) is 2. The summed E-state index contributed by atoms with van der Waals surface area (Å²) in [6.45, 7) is 1.59. The van der Waals surface area contributed by atoms with Gasteiger partial charge in [0.15, 0.2) is 0 Å². The Morgan fingerprint density at radius 2 is 1.96 bits per heavy atom. The summed E-state index contributed by atoms with van der Waals surface area (Å²) in [5.41, 5.74) is 0. The van der Waals surface area contributed by atoms with E-state index in [9.17, 15) is 14.4 Å². The summed E-state index contributed by atoms with van der Waals surface area (Å²) in [7, 11) is 3.21. The summed E-state index contributed by atoms with van der Waals surface area (Å²) in [6.07, 6.45) is 1.57. The van der Waals surface area contributed by atoms with Crippen molar-refractivity contribution in [1.82, 2.24) is 15.5 Å². The molecule has 0 aliphatic rings. The zero-order valence-electron chi connectivity index (χ0n) is 14.2. The van der Waals surface area contributed by atoms with Crippen LogP contribution in [0.25, 0.3) is 0 Å². The van der Waals surface area contributed by atoms with Crippen LogP contribution in [0.1, 0.15) is 28.9 Å². The molecule has 1 aromatic heterocycles. The molecule has 0 atom stereocenters. The molecule has 0 fully saturated rings. The Labute approximate surface area is 146 Å². The number of carbonyl (C=O) groups is 3. The quantitative estimate of drug-likeness (QED) is 0.577. The molecule has 0 aliphatic carbocycles. The van der Waals surface area contributed by atoms with E-state index in [1.165, 1.54) is 16.2 Å². The normalized spacial score (nSPS) is 10.2. The second-order valence-corrected chi connectivity index (χ2v) is 6.23. The first-order valence-corrected chi connectivity index (χ1v) is 8.74. The minimum absolute atomic E-state index is 0.0351. The van der Waals surface area contributed by atoms with Gasteiger partial charge in [0, 0.05) is 40.3 Å². The molecule has 7 nitrogen and oxygen atoms in total. The van der Waals surface area contributed by atoms with Crippen LogP contribution in [0.15, 0.2) is 17.5 Å². The number of amides is 3. The van der Waals surface area contributed by atoms with Crippen molar-refractivity contribution in [1.29, 1.82) is 0 Å². The van der Waals surface area contributed by atoms with Gasteiger partial charge in [-0.1, -0.05) is 6.07 Å². The predicted molar refractivity (Wildman–Crippen MR) is 93.0 cm³/mol. The minimum Gasteiger partial charge on any atom is -0.385 e. The molecule has 0 saturated carbocycles. The number of thiophene rings is 1. The maximum absolute atomic E-state index is 11.9. The van der Waals surface area contributed by atoms with Gasteiger partial charge in [-0.3, -0.25) is 14.4 Å². The van der Waals surface area contributed by atoms with Gasteiger partial charge in [-0.25, -0.2) is 0 Å². The van der Waals surface area contributed by atoms with Gasteiger partial charge < -0.3 is 20.3 Å². The van der Waals surface area contributed by atoms with Crippen LogP contribution in [-0.2, 0) is 14.3 Å². The lowest BCUT2D eigenvalue weighted by Crippen LogP contribution is -2.39. The lowest BCUT2D eigenvalue weighted by Gasteiger charge is -2.16.